The Labute approximate surface area is 144 Å². The largest absolute Gasteiger partial charge is 0.345 e. The molecule has 1 rings (SSSR count). The van der Waals surface area contributed by atoms with Gasteiger partial charge in [0.25, 0.3) is 0 Å². The van der Waals surface area contributed by atoms with E-state index in [1.165, 1.54) is 17.3 Å². The summed E-state index contributed by atoms with van der Waals surface area (Å²) in [6.45, 7) is 1.52. The molecule has 25 heavy (non-hydrogen) atoms. The van der Waals surface area contributed by atoms with Crippen molar-refractivity contribution >= 4 is 29.5 Å². The summed E-state index contributed by atoms with van der Waals surface area (Å²) in [5.41, 5.74) is 6.91. The number of nitrogens with one attached hydrogen (secondary N) is 3. The third kappa shape index (κ3) is 6.47. The number of hydrogen-bond donors (Lipinski definition) is 5. The smallest absolute Gasteiger partial charge is 0.245 e. The lowest BCUT2D eigenvalue weighted by atomic mass is 10.2. The number of hydroxylamine groups is 1. The van der Waals surface area contributed by atoms with Crippen LogP contribution in [-0.4, -0.2) is 64.8 Å². The molecule has 0 aliphatic carbocycles. The van der Waals surface area contributed by atoms with Gasteiger partial charge >= 0.3 is 0 Å². The predicted octanol–water partition coefficient (Wildman–Crippen LogP) is -2.63. The maximum atomic E-state index is 12.1. The van der Waals surface area contributed by atoms with Crippen molar-refractivity contribution in [2.75, 3.05) is 13.1 Å². The first kappa shape index (κ1) is 20.5. The number of imide groups is 1. The second-order valence-electron chi connectivity index (χ2n) is 5.70. The van der Waals surface area contributed by atoms with E-state index >= 15 is 0 Å². The van der Waals surface area contributed by atoms with Crippen molar-refractivity contribution in [2.24, 2.45) is 5.73 Å². The van der Waals surface area contributed by atoms with Gasteiger partial charge < -0.3 is 16.0 Å². The molecule has 2 unspecified atom stereocenters. The van der Waals surface area contributed by atoms with Crippen LogP contribution in [0.4, 0.5) is 0 Å². The van der Waals surface area contributed by atoms with Crippen LogP contribution in [0.3, 0.4) is 0 Å². The highest BCUT2D eigenvalue weighted by atomic mass is 16.5. The summed E-state index contributed by atoms with van der Waals surface area (Å²) in [4.78, 5) is 59.3. The molecule has 1 aliphatic heterocycles. The van der Waals surface area contributed by atoms with Gasteiger partial charge in [-0.15, -0.1) is 0 Å². The number of nitrogens with two attached hydrogens (primary N) is 1. The monoisotopic (exact) mass is 357 g/mol. The number of carbonyl (C=O) groups is 5. The molecule has 0 radical (unpaired) electrons. The zero-order chi connectivity index (χ0) is 19.0. The van der Waals surface area contributed by atoms with Crippen LogP contribution in [0.15, 0.2) is 0 Å². The van der Waals surface area contributed by atoms with Gasteiger partial charge in [-0.05, 0) is 19.8 Å². The van der Waals surface area contributed by atoms with Gasteiger partial charge in [-0.25, -0.2) is 5.48 Å². The molecule has 2 atom stereocenters. The first-order valence-electron chi connectivity index (χ1n) is 7.85. The van der Waals surface area contributed by atoms with E-state index in [0.29, 0.717) is 19.4 Å². The van der Waals surface area contributed by atoms with Gasteiger partial charge in [0.1, 0.15) is 6.04 Å². The highest BCUT2D eigenvalue weighted by Crippen LogP contribution is 2.18. The number of amides is 5. The Balaban J connectivity index is 2.40. The fourth-order valence-corrected chi connectivity index (χ4v) is 2.39. The van der Waals surface area contributed by atoms with Crippen LogP contribution in [-0.2, 0) is 24.0 Å². The lowest BCUT2D eigenvalue weighted by Gasteiger charge is -2.25. The molecule has 11 nitrogen and oxygen atoms in total. The van der Waals surface area contributed by atoms with Crippen LogP contribution in [0, 0.1) is 0 Å². The zero-order valence-electron chi connectivity index (χ0n) is 13.9. The topological polar surface area (TPSA) is 171 Å². The van der Waals surface area contributed by atoms with Crippen molar-refractivity contribution in [2.45, 2.75) is 44.7 Å². The van der Waals surface area contributed by atoms with E-state index in [0.717, 1.165) is 0 Å². The first-order valence-corrected chi connectivity index (χ1v) is 7.85. The van der Waals surface area contributed by atoms with Crippen molar-refractivity contribution in [1.29, 1.82) is 0 Å². The van der Waals surface area contributed by atoms with Gasteiger partial charge in [0.2, 0.25) is 29.5 Å². The number of carbonyl (C=O) groups excluding carboxylic acids is 5. The number of hydrogen-bond acceptors (Lipinski definition) is 7. The minimum atomic E-state index is -0.754. The summed E-state index contributed by atoms with van der Waals surface area (Å²) in [5.74, 6) is -3.03. The van der Waals surface area contributed by atoms with Crippen LogP contribution in [0.2, 0.25) is 0 Å². The Bertz CT molecular complexity index is 550. The summed E-state index contributed by atoms with van der Waals surface area (Å²) < 4.78 is 0. The third-order valence-corrected chi connectivity index (χ3v) is 3.63. The predicted molar refractivity (Wildman–Crippen MR) is 83.7 cm³/mol. The van der Waals surface area contributed by atoms with Gasteiger partial charge in [-0.2, -0.15) is 0 Å². The van der Waals surface area contributed by atoms with Crippen molar-refractivity contribution in [3.63, 3.8) is 0 Å². The SMILES string of the molecule is CC(N)C(=O)N1CCCC1C(=O)NCC(=O)NC(=O)CCC(=O)NO. The van der Waals surface area contributed by atoms with Gasteiger partial charge in [0.05, 0.1) is 12.6 Å². The minimum absolute atomic E-state index is 0.279. The van der Waals surface area contributed by atoms with E-state index in [9.17, 15) is 24.0 Å². The molecule has 0 aromatic heterocycles. The normalized spacial score (nSPS) is 17.6. The number of rotatable bonds is 7. The molecular formula is C14H23N5O6. The molecule has 1 saturated heterocycles. The molecule has 0 aromatic carbocycles. The molecule has 1 heterocycles. The fourth-order valence-electron chi connectivity index (χ4n) is 2.39. The van der Waals surface area contributed by atoms with Crippen LogP contribution in [0.5, 0.6) is 0 Å². The van der Waals surface area contributed by atoms with E-state index in [4.69, 9.17) is 10.9 Å². The molecule has 1 aliphatic rings. The molecule has 0 saturated carbocycles. The van der Waals surface area contributed by atoms with Crippen molar-refractivity contribution < 1.29 is 29.2 Å². The second-order valence-corrected chi connectivity index (χ2v) is 5.70. The average molecular weight is 357 g/mol. The third-order valence-electron chi connectivity index (χ3n) is 3.63. The van der Waals surface area contributed by atoms with Crippen molar-refractivity contribution in [3.05, 3.63) is 0 Å². The van der Waals surface area contributed by atoms with E-state index < -0.39 is 42.3 Å². The molecule has 0 bridgehead atoms. The standard InChI is InChI=1S/C14H23N5O6/c1-8(15)14(24)19-6-2-3-9(19)13(23)16-7-12(22)17-10(20)4-5-11(21)18-25/h8-9,25H,2-7,15H2,1H3,(H,16,23)(H,18,21)(H,17,20,22). The Morgan fingerprint density at radius 3 is 2.40 bits per heavy atom. The van der Waals surface area contributed by atoms with Crippen LogP contribution < -0.4 is 21.8 Å². The maximum Gasteiger partial charge on any atom is 0.245 e. The molecule has 6 N–H and O–H groups in total. The van der Waals surface area contributed by atoms with E-state index in [1.807, 2.05) is 5.32 Å². The molecule has 0 aromatic rings. The van der Waals surface area contributed by atoms with Crippen molar-refractivity contribution in [1.82, 2.24) is 21.0 Å². The Morgan fingerprint density at radius 2 is 1.80 bits per heavy atom. The average Bonchev–Trinajstić information content (AvgIpc) is 3.06. The molecular weight excluding hydrogens is 334 g/mol. The highest BCUT2D eigenvalue weighted by molar-refractivity contribution is 5.99. The Morgan fingerprint density at radius 1 is 1.16 bits per heavy atom. The number of likely N-dealkylation sites (tertiary alicyclic amines) is 1. The summed E-state index contributed by atoms with van der Waals surface area (Å²) in [6, 6.07) is -1.40. The maximum absolute atomic E-state index is 12.1. The van der Waals surface area contributed by atoms with Gasteiger partial charge in [-0.1, -0.05) is 0 Å². The zero-order valence-corrected chi connectivity index (χ0v) is 13.9. The summed E-state index contributed by atoms with van der Waals surface area (Å²) in [6.07, 6.45) is 0.568. The molecule has 5 amide bonds. The van der Waals surface area contributed by atoms with Crippen LogP contribution in [0.1, 0.15) is 32.6 Å². The lowest BCUT2D eigenvalue weighted by molar-refractivity contribution is -0.139. The van der Waals surface area contributed by atoms with Gasteiger partial charge in [0.15, 0.2) is 0 Å². The van der Waals surface area contributed by atoms with Crippen LogP contribution in [0.25, 0.3) is 0 Å². The quantitative estimate of drug-likeness (QED) is 0.245. The van der Waals surface area contributed by atoms with E-state index in [2.05, 4.69) is 5.32 Å². The van der Waals surface area contributed by atoms with Gasteiger partial charge in [0, 0.05) is 19.4 Å². The number of nitrogens with zero attached hydrogens (tertiary/aromatic N) is 1. The molecule has 140 valence electrons. The minimum Gasteiger partial charge on any atom is -0.345 e. The summed E-state index contributed by atoms with van der Waals surface area (Å²) >= 11 is 0. The molecule has 11 heteroatoms. The first-order chi connectivity index (χ1) is 11.8. The summed E-state index contributed by atoms with van der Waals surface area (Å²) in [7, 11) is 0. The fraction of sp³-hybridized carbons (Fsp3) is 0.643. The second kappa shape index (κ2) is 9.69. The molecule has 0 spiro atoms. The lowest BCUT2D eigenvalue weighted by Crippen LogP contribution is -2.51. The van der Waals surface area contributed by atoms with E-state index in [1.54, 1.807) is 0 Å². The Kier molecular flexibility index (Phi) is 7.95. The van der Waals surface area contributed by atoms with Gasteiger partial charge in [-0.3, -0.25) is 34.5 Å². The Hall–Kier alpha value is -2.53. The van der Waals surface area contributed by atoms with Crippen molar-refractivity contribution in [3.8, 4) is 0 Å². The molecule has 1 fully saturated rings. The van der Waals surface area contributed by atoms with E-state index in [-0.39, 0.29) is 18.7 Å². The van der Waals surface area contributed by atoms with Crippen LogP contribution >= 0.6 is 0 Å². The highest BCUT2D eigenvalue weighted by Gasteiger charge is 2.35. The summed E-state index contributed by atoms with van der Waals surface area (Å²) in [5, 5.41) is 12.7.